The molecule has 3 N–H and O–H groups in total. The zero-order valence-electron chi connectivity index (χ0n) is 16.6. The minimum Gasteiger partial charge on any atom is -0.508 e. The van der Waals surface area contributed by atoms with Gasteiger partial charge in [0.1, 0.15) is 11.5 Å². The average molecular weight is 374 g/mol. The van der Waals surface area contributed by atoms with Gasteiger partial charge >= 0.3 is 0 Å². The first kappa shape index (κ1) is 20.6. The van der Waals surface area contributed by atoms with Crippen LogP contribution >= 0.6 is 0 Å². The van der Waals surface area contributed by atoms with Crippen LogP contribution in [0.25, 0.3) is 0 Å². The molecule has 0 atom stereocenters. The van der Waals surface area contributed by atoms with Crippen molar-refractivity contribution < 1.29 is 14.4 Å². The van der Waals surface area contributed by atoms with Crippen LogP contribution in [0.5, 0.6) is 11.5 Å². The quantitative estimate of drug-likeness (QED) is 0.459. The number of hydrogen-bond donors (Lipinski definition) is 3. The second-order valence-corrected chi connectivity index (χ2v) is 6.27. The molecule has 1 aromatic carbocycles. The first-order valence-corrected chi connectivity index (χ1v) is 9.44. The van der Waals surface area contributed by atoms with E-state index < -0.39 is 0 Å². The molecule has 1 heterocycles. The van der Waals surface area contributed by atoms with Gasteiger partial charge in [-0.3, -0.25) is 0 Å². The molecule has 0 fully saturated rings. The van der Waals surface area contributed by atoms with Crippen molar-refractivity contribution >= 4 is 5.96 Å². The summed E-state index contributed by atoms with van der Waals surface area (Å²) in [4.78, 5) is 4.53. The Morgan fingerprint density at radius 1 is 1.22 bits per heavy atom. The molecule has 7 nitrogen and oxygen atoms in total. The van der Waals surface area contributed by atoms with Crippen LogP contribution in [-0.2, 0) is 13.1 Å². The fraction of sp³-hybridized carbons (Fsp3) is 0.500. The van der Waals surface area contributed by atoms with Gasteiger partial charge in [-0.05, 0) is 38.0 Å². The van der Waals surface area contributed by atoms with Gasteiger partial charge in [-0.1, -0.05) is 19.0 Å². The van der Waals surface area contributed by atoms with Crippen LogP contribution in [0.2, 0.25) is 0 Å². The Balaban J connectivity index is 2.02. The lowest BCUT2D eigenvalue weighted by molar-refractivity contribution is 0.368. The molecule has 0 saturated heterocycles. The highest BCUT2D eigenvalue weighted by molar-refractivity contribution is 5.79. The lowest BCUT2D eigenvalue weighted by Crippen LogP contribution is -2.36. The summed E-state index contributed by atoms with van der Waals surface area (Å²) in [7, 11) is 1.60. The third kappa shape index (κ3) is 5.91. The molecular weight excluding hydrogens is 344 g/mol. The fourth-order valence-corrected chi connectivity index (χ4v) is 2.80. The van der Waals surface area contributed by atoms with Gasteiger partial charge in [0.2, 0.25) is 0 Å². The second kappa shape index (κ2) is 10.4. The van der Waals surface area contributed by atoms with E-state index in [9.17, 15) is 5.11 Å². The Labute approximate surface area is 160 Å². The van der Waals surface area contributed by atoms with Crippen molar-refractivity contribution in [1.29, 1.82) is 0 Å². The van der Waals surface area contributed by atoms with E-state index in [4.69, 9.17) is 9.26 Å². The van der Waals surface area contributed by atoms with Crippen LogP contribution in [0.3, 0.4) is 0 Å². The van der Waals surface area contributed by atoms with Gasteiger partial charge < -0.3 is 25.0 Å². The van der Waals surface area contributed by atoms with Crippen LogP contribution in [-0.4, -0.2) is 29.9 Å². The van der Waals surface area contributed by atoms with Crippen LogP contribution in [0.15, 0.2) is 33.8 Å². The predicted molar refractivity (Wildman–Crippen MR) is 106 cm³/mol. The van der Waals surface area contributed by atoms with E-state index in [0.29, 0.717) is 36.3 Å². The molecule has 27 heavy (non-hydrogen) atoms. The number of nitrogens with one attached hydrogen (secondary N) is 2. The Kier molecular flexibility index (Phi) is 7.98. The number of rotatable bonds is 9. The number of benzene rings is 1. The maximum Gasteiger partial charge on any atom is 0.191 e. The predicted octanol–water partition coefficient (Wildman–Crippen LogP) is 3.55. The Bertz CT molecular complexity index is 739. The highest BCUT2D eigenvalue weighted by Gasteiger charge is 2.13. The summed E-state index contributed by atoms with van der Waals surface area (Å²) < 4.78 is 10.6. The molecule has 0 aliphatic carbocycles. The maximum absolute atomic E-state index is 9.99. The highest BCUT2D eigenvalue weighted by Crippen LogP contribution is 2.24. The van der Waals surface area contributed by atoms with E-state index in [0.717, 1.165) is 30.8 Å². The van der Waals surface area contributed by atoms with Gasteiger partial charge in [0.05, 0.1) is 25.9 Å². The topological polar surface area (TPSA) is 91.9 Å². The molecule has 2 rings (SSSR count). The van der Waals surface area contributed by atoms with Crippen LogP contribution in [0.4, 0.5) is 0 Å². The molecule has 0 amide bonds. The molecule has 2 aromatic rings. The van der Waals surface area contributed by atoms with E-state index >= 15 is 0 Å². The maximum atomic E-state index is 9.99. The minimum atomic E-state index is 0.195. The molecule has 0 aliphatic heterocycles. The molecule has 0 unspecified atom stereocenters. The Morgan fingerprint density at radius 3 is 2.67 bits per heavy atom. The van der Waals surface area contributed by atoms with Crippen molar-refractivity contribution in [2.24, 2.45) is 4.99 Å². The average Bonchev–Trinajstić information content (AvgIpc) is 3.15. The highest BCUT2D eigenvalue weighted by atomic mass is 16.5. The number of aromatic hydroxyl groups is 1. The summed E-state index contributed by atoms with van der Waals surface area (Å²) in [5.41, 5.74) is 1.70. The smallest absolute Gasteiger partial charge is 0.191 e. The van der Waals surface area contributed by atoms with Gasteiger partial charge in [0.15, 0.2) is 11.7 Å². The van der Waals surface area contributed by atoms with Crippen LogP contribution < -0.4 is 15.4 Å². The number of hydrogen-bond acceptors (Lipinski definition) is 5. The first-order chi connectivity index (χ1) is 13.1. The molecule has 0 spiro atoms. The number of ether oxygens (including phenoxy) is 1. The zero-order chi connectivity index (χ0) is 19.6. The van der Waals surface area contributed by atoms with Gasteiger partial charge in [0.25, 0.3) is 0 Å². The second-order valence-electron chi connectivity index (χ2n) is 6.27. The van der Waals surface area contributed by atoms with Crippen molar-refractivity contribution in [3.63, 3.8) is 0 Å². The normalized spacial score (nSPS) is 11.7. The zero-order valence-corrected chi connectivity index (χ0v) is 16.6. The van der Waals surface area contributed by atoms with Crippen molar-refractivity contribution in [1.82, 2.24) is 15.8 Å². The fourth-order valence-electron chi connectivity index (χ4n) is 2.80. The summed E-state index contributed by atoms with van der Waals surface area (Å²) >= 11 is 0. The lowest BCUT2D eigenvalue weighted by atomic mass is 9.99. The van der Waals surface area contributed by atoms with E-state index in [1.807, 2.05) is 13.0 Å². The van der Waals surface area contributed by atoms with Gasteiger partial charge in [-0.25, -0.2) is 4.99 Å². The Hall–Kier alpha value is -2.70. The van der Waals surface area contributed by atoms with E-state index in [-0.39, 0.29) is 5.75 Å². The molecule has 0 radical (unpaired) electrons. The van der Waals surface area contributed by atoms with Crippen LogP contribution in [0.1, 0.15) is 56.5 Å². The SMILES string of the molecule is CCNC(=NCc1cc(OC)ccc1O)NCc1cc(C(CC)CC)no1. The molecule has 7 heteroatoms. The van der Waals surface area contributed by atoms with E-state index in [2.05, 4.69) is 34.6 Å². The third-order valence-corrected chi connectivity index (χ3v) is 4.45. The molecule has 148 valence electrons. The summed E-state index contributed by atoms with van der Waals surface area (Å²) in [6.07, 6.45) is 2.09. The van der Waals surface area contributed by atoms with Crippen molar-refractivity contribution in [3.05, 3.63) is 41.3 Å². The number of phenolic OH excluding ortho intramolecular Hbond substituents is 1. The van der Waals surface area contributed by atoms with E-state index in [1.165, 1.54) is 0 Å². The van der Waals surface area contributed by atoms with E-state index in [1.54, 1.807) is 25.3 Å². The number of nitrogens with zero attached hydrogens (tertiary/aromatic N) is 2. The third-order valence-electron chi connectivity index (χ3n) is 4.45. The minimum absolute atomic E-state index is 0.195. The summed E-state index contributed by atoms with van der Waals surface area (Å²) in [6, 6.07) is 7.11. The summed E-state index contributed by atoms with van der Waals surface area (Å²) in [6.45, 7) is 7.86. The molecule has 1 aromatic heterocycles. The van der Waals surface area contributed by atoms with Gasteiger partial charge in [-0.2, -0.15) is 0 Å². The van der Waals surface area contributed by atoms with Crippen molar-refractivity contribution in [2.45, 2.75) is 52.6 Å². The first-order valence-electron chi connectivity index (χ1n) is 9.44. The largest absolute Gasteiger partial charge is 0.508 e. The lowest BCUT2D eigenvalue weighted by Gasteiger charge is -2.11. The van der Waals surface area contributed by atoms with Crippen molar-refractivity contribution in [3.8, 4) is 11.5 Å². The van der Waals surface area contributed by atoms with Crippen LogP contribution in [0, 0.1) is 0 Å². The Morgan fingerprint density at radius 2 is 2.00 bits per heavy atom. The van der Waals surface area contributed by atoms with Gasteiger partial charge in [0, 0.05) is 24.1 Å². The standard InChI is InChI=1S/C20H30N4O3/c1-5-14(6-2)18-11-17(27-24-18)13-23-20(21-7-3)22-12-15-10-16(26-4)8-9-19(15)25/h8-11,14,25H,5-7,12-13H2,1-4H3,(H2,21,22,23). The number of aromatic nitrogens is 1. The number of guanidine groups is 1. The number of phenols is 1. The summed E-state index contributed by atoms with van der Waals surface area (Å²) in [5.74, 6) is 2.72. The molecular formula is C20H30N4O3. The molecule has 0 saturated carbocycles. The molecule has 0 aliphatic rings. The summed E-state index contributed by atoms with van der Waals surface area (Å²) in [5, 5.41) is 20.6. The molecule has 0 bridgehead atoms. The monoisotopic (exact) mass is 374 g/mol. The number of aliphatic imine (C=N–C) groups is 1. The number of methoxy groups -OCH3 is 1. The van der Waals surface area contributed by atoms with Gasteiger partial charge in [-0.15, -0.1) is 0 Å². The van der Waals surface area contributed by atoms with Crippen molar-refractivity contribution in [2.75, 3.05) is 13.7 Å².